The molecule has 0 spiro atoms. The summed E-state index contributed by atoms with van der Waals surface area (Å²) < 4.78 is 0. The first-order valence-corrected chi connectivity index (χ1v) is 6.62. The number of rotatable bonds is 9. The molecule has 0 fully saturated rings. The molecule has 106 valence electrons. The van der Waals surface area contributed by atoms with Gasteiger partial charge in [0.05, 0.1) is 0 Å². The summed E-state index contributed by atoms with van der Waals surface area (Å²) in [6, 6.07) is 0. The second-order valence-electron chi connectivity index (χ2n) is 4.34. The lowest BCUT2D eigenvalue weighted by Crippen LogP contribution is -2.13. The number of nitrogens with two attached hydrogens (primary N) is 1. The van der Waals surface area contributed by atoms with Crippen molar-refractivity contribution in [1.29, 1.82) is 0 Å². The van der Waals surface area contributed by atoms with E-state index in [4.69, 9.17) is 10.8 Å². The quantitative estimate of drug-likeness (QED) is 0.585. The van der Waals surface area contributed by atoms with Crippen molar-refractivity contribution in [2.24, 2.45) is 0 Å². The van der Waals surface area contributed by atoms with Gasteiger partial charge in [0, 0.05) is 6.54 Å². The zero-order chi connectivity index (χ0) is 14.1. The Morgan fingerprint density at radius 3 is 2.53 bits per heavy atom. The number of nitrogens with zero attached hydrogens (tertiary/aromatic N) is 3. The number of unbranched alkanes of at least 4 members (excludes halogenated alkanes) is 5. The molecule has 1 rings (SSSR count). The molecule has 4 N–H and O–H groups in total. The highest BCUT2D eigenvalue weighted by Crippen LogP contribution is 2.06. The molecule has 0 aliphatic rings. The van der Waals surface area contributed by atoms with Gasteiger partial charge in [-0.05, 0) is 6.42 Å². The Kier molecular flexibility index (Phi) is 6.56. The molecule has 0 aromatic carbocycles. The van der Waals surface area contributed by atoms with Crippen LogP contribution in [0.25, 0.3) is 0 Å². The van der Waals surface area contributed by atoms with E-state index in [0.29, 0.717) is 6.54 Å². The molecule has 0 aliphatic heterocycles. The van der Waals surface area contributed by atoms with Crippen molar-refractivity contribution < 1.29 is 9.90 Å². The number of carbonyl (C=O) groups is 1. The molecule has 1 heterocycles. The smallest absolute Gasteiger partial charge is 0.374 e. The first-order valence-electron chi connectivity index (χ1n) is 6.62. The number of nitrogens with one attached hydrogen (secondary N) is 1. The average molecular weight is 267 g/mol. The van der Waals surface area contributed by atoms with Crippen LogP contribution in [0.4, 0.5) is 11.9 Å². The van der Waals surface area contributed by atoms with Crippen LogP contribution in [-0.2, 0) is 0 Å². The van der Waals surface area contributed by atoms with E-state index in [9.17, 15) is 4.79 Å². The molecule has 1 aromatic rings. The molecule has 0 radical (unpaired) electrons. The summed E-state index contributed by atoms with van der Waals surface area (Å²) in [7, 11) is 0. The largest absolute Gasteiger partial charge is 0.475 e. The van der Waals surface area contributed by atoms with Gasteiger partial charge < -0.3 is 16.2 Å². The highest BCUT2D eigenvalue weighted by molar-refractivity contribution is 5.83. The summed E-state index contributed by atoms with van der Waals surface area (Å²) in [4.78, 5) is 21.9. The highest BCUT2D eigenvalue weighted by atomic mass is 16.4. The van der Waals surface area contributed by atoms with E-state index in [0.717, 1.165) is 12.8 Å². The summed E-state index contributed by atoms with van der Waals surface area (Å²) in [6.07, 6.45) is 7.13. The summed E-state index contributed by atoms with van der Waals surface area (Å²) in [6.45, 7) is 2.89. The van der Waals surface area contributed by atoms with E-state index in [-0.39, 0.29) is 17.7 Å². The summed E-state index contributed by atoms with van der Waals surface area (Å²) in [5, 5.41) is 11.8. The van der Waals surface area contributed by atoms with Gasteiger partial charge in [0.15, 0.2) is 0 Å². The summed E-state index contributed by atoms with van der Waals surface area (Å²) in [5.74, 6) is -1.41. The number of hydrogen-bond acceptors (Lipinski definition) is 6. The van der Waals surface area contributed by atoms with Crippen LogP contribution in [0.1, 0.15) is 56.1 Å². The van der Waals surface area contributed by atoms with Gasteiger partial charge in [0.1, 0.15) is 0 Å². The van der Waals surface area contributed by atoms with Gasteiger partial charge in [-0.15, -0.1) is 0 Å². The van der Waals surface area contributed by atoms with Gasteiger partial charge in [0.2, 0.25) is 17.7 Å². The molecular formula is C12H21N5O2. The molecule has 0 atom stereocenters. The number of carboxylic acids is 1. The number of anilines is 2. The van der Waals surface area contributed by atoms with Gasteiger partial charge in [-0.2, -0.15) is 15.0 Å². The highest BCUT2D eigenvalue weighted by Gasteiger charge is 2.10. The molecule has 19 heavy (non-hydrogen) atoms. The van der Waals surface area contributed by atoms with Gasteiger partial charge in [-0.1, -0.05) is 39.0 Å². The Balaban J connectivity index is 2.31. The van der Waals surface area contributed by atoms with E-state index in [1.165, 1.54) is 25.7 Å². The van der Waals surface area contributed by atoms with Gasteiger partial charge in [-0.3, -0.25) is 0 Å². The Bertz CT molecular complexity index is 411. The average Bonchev–Trinajstić information content (AvgIpc) is 2.37. The number of aromatic carboxylic acids is 1. The minimum Gasteiger partial charge on any atom is -0.475 e. The Morgan fingerprint density at radius 2 is 1.84 bits per heavy atom. The predicted molar refractivity (Wildman–Crippen MR) is 73.1 cm³/mol. The van der Waals surface area contributed by atoms with E-state index >= 15 is 0 Å². The van der Waals surface area contributed by atoms with Crippen molar-refractivity contribution in [2.45, 2.75) is 45.4 Å². The minimum absolute atomic E-state index is 0.0853. The van der Waals surface area contributed by atoms with E-state index in [2.05, 4.69) is 27.2 Å². The number of hydrogen-bond donors (Lipinski definition) is 3. The molecular weight excluding hydrogens is 246 g/mol. The van der Waals surface area contributed by atoms with Crippen LogP contribution in [0.2, 0.25) is 0 Å². The fourth-order valence-electron chi connectivity index (χ4n) is 1.67. The normalized spacial score (nSPS) is 10.4. The Morgan fingerprint density at radius 1 is 1.16 bits per heavy atom. The van der Waals surface area contributed by atoms with Crippen LogP contribution in [-0.4, -0.2) is 32.6 Å². The van der Waals surface area contributed by atoms with Crippen LogP contribution in [0, 0.1) is 0 Å². The molecule has 0 saturated heterocycles. The molecule has 0 aliphatic carbocycles. The van der Waals surface area contributed by atoms with Crippen LogP contribution in [0.5, 0.6) is 0 Å². The lowest BCUT2D eigenvalue weighted by Gasteiger charge is -2.05. The number of nitrogen functional groups attached to an aromatic ring is 1. The standard InChI is InChI=1S/C12H21N5O2/c1-2-3-4-5-6-7-8-14-12-16-9(10(18)19)15-11(13)17-12/h2-8H2,1H3,(H,18,19)(H3,13,14,15,16,17). The minimum atomic E-state index is -1.21. The molecule has 0 unspecified atom stereocenters. The van der Waals surface area contributed by atoms with Crippen molar-refractivity contribution in [3.8, 4) is 0 Å². The lowest BCUT2D eigenvalue weighted by molar-refractivity contribution is 0.0683. The van der Waals surface area contributed by atoms with Crippen LogP contribution in [0.15, 0.2) is 0 Å². The van der Waals surface area contributed by atoms with E-state index < -0.39 is 5.97 Å². The second-order valence-corrected chi connectivity index (χ2v) is 4.34. The van der Waals surface area contributed by atoms with E-state index in [1.54, 1.807) is 0 Å². The first-order chi connectivity index (χ1) is 9.13. The maximum Gasteiger partial charge on any atom is 0.374 e. The van der Waals surface area contributed by atoms with Crippen LogP contribution < -0.4 is 11.1 Å². The summed E-state index contributed by atoms with van der Waals surface area (Å²) in [5.41, 5.74) is 5.42. The van der Waals surface area contributed by atoms with Gasteiger partial charge in [0.25, 0.3) is 0 Å². The zero-order valence-electron chi connectivity index (χ0n) is 11.2. The van der Waals surface area contributed by atoms with Crippen molar-refractivity contribution in [3.63, 3.8) is 0 Å². The monoisotopic (exact) mass is 267 g/mol. The second kappa shape index (κ2) is 8.23. The van der Waals surface area contributed by atoms with Gasteiger partial charge in [-0.25, -0.2) is 4.79 Å². The number of carboxylic acid groups (broad SMARTS) is 1. The Labute approximate surface area is 112 Å². The molecule has 7 nitrogen and oxygen atoms in total. The predicted octanol–water partition coefficient (Wildman–Crippen LogP) is 1.92. The molecule has 0 bridgehead atoms. The lowest BCUT2D eigenvalue weighted by atomic mass is 10.1. The third-order valence-corrected chi connectivity index (χ3v) is 2.66. The van der Waals surface area contributed by atoms with Crippen molar-refractivity contribution >= 4 is 17.9 Å². The summed E-state index contributed by atoms with van der Waals surface area (Å²) >= 11 is 0. The third kappa shape index (κ3) is 5.98. The van der Waals surface area contributed by atoms with Gasteiger partial charge >= 0.3 is 5.97 Å². The fourth-order valence-corrected chi connectivity index (χ4v) is 1.67. The van der Waals surface area contributed by atoms with Crippen molar-refractivity contribution in [2.75, 3.05) is 17.6 Å². The topological polar surface area (TPSA) is 114 Å². The molecule has 1 aromatic heterocycles. The third-order valence-electron chi connectivity index (χ3n) is 2.66. The Hall–Kier alpha value is -1.92. The van der Waals surface area contributed by atoms with Crippen molar-refractivity contribution in [1.82, 2.24) is 15.0 Å². The zero-order valence-corrected chi connectivity index (χ0v) is 11.2. The first kappa shape index (κ1) is 15.1. The molecule has 0 amide bonds. The molecule has 7 heteroatoms. The number of aromatic nitrogens is 3. The van der Waals surface area contributed by atoms with Crippen LogP contribution >= 0.6 is 0 Å². The molecule has 0 saturated carbocycles. The fraction of sp³-hybridized carbons (Fsp3) is 0.667. The SMILES string of the molecule is CCCCCCCCNc1nc(N)nc(C(=O)O)n1. The maximum atomic E-state index is 10.7. The van der Waals surface area contributed by atoms with Crippen LogP contribution in [0.3, 0.4) is 0 Å². The van der Waals surface area contributed by atoms with E-state index in [1.807, 2.05) is 0 Å². The van der Waals surface area contributed by atoms with Crippen molar-refractivity contribution in [3.05, 3.63) is 5.82 Å². The maximum absolute atomic E-state index is 10.7.